The molecule has 1 N–H and O–H groups in total. The lowest BCUT2D eigenvalue weighted by Gasteiger charge is -2.17. The fourth-order valence-corrected chi connectivity index (χ4v) is 2.59. The molecule has 1 amide bonds. The first-order valence-corrected chi connectivity index (χ1v) is 7.27. The van der Waals surface area contributed by atoms with Crippen molar-refractivity contribution >= 4 is 5.91 Å². The number of carbonyl (C=O) groups is 1. The van der Waals surface area contributed by atoms with Gasteiger partial charge in [-0.25, -0.2) is 0 Å². The smallest absolute Gasteiger partial charge is 0.253 e. The minimum absolute atomic E-state index is 0.0552. The van der Waals surface area contributed by atoms with Gasteiger partial charge in [0.15, 0.2) is 0 Å². The van der Waals surface area contributed by atoms with Crippen LogP contribution in [0.4, 0.5) is 0 Å². The summed E-state index contributed by atoms with van der Waals surface area (Å²) in [5, 5.41) is 8.97. The van der Waals surface area contributed by atoms with Gasteiger partial charge in [-0.2, -0.15) is 0 Å². The van der Waals surface area contributed by atoms with E-state index >= 15 is 0 Å². The molecule has 1 atom stereocenters. The predicted octanol–water partition coefficient (Wildman–Crippen LogP) is 2.32. The number of nitrogens with zero attached hydrogens (tertiary/aromatic N) is 1. The molecule has 1 aliphatic heterocycles. The fourth-order valence-electron chi connectivity index (χ4n) is 2.59. The van der Waals surface area contributed by atoms with E-state index in [2.05, 4.69) is 0 Å². The topological polar surface area (TPSA) is 49.8 Å². The van der Waals surface area contributed by atoms with E-state index in [9.17, 15) is 4.79 Å². The van der Waals surface area contributed by atoms with E-state index in [0.717, 1.165) is 31.7 Å². The molecule has 20 heavy (non-hydrogen) atoms. The van der Waals surface area contributed by atoms with Crippen LogP contribution in [0.15, 0.2) is 24.3 Å². The molecular formula is C16H23NO3. The van der Waals surface area contributed by atoms with E-state index in [1.54, 1.807) is 0 Å². The lowest BCUT2D eigenvalue weighted by Crippen LogP contribution is -2.28. The highest BCUT2D eigenvalue weighted by Gasteiger charge is 2.26. The van der Waals surface area contributed by atoms with E-state index in [1.807, 2.05) is 43.0 Å². The Bertz CT molecular complexity index is 459. The quantitative estimate of drug-likeness (QED) is 0.898. The van der Waals surface area contributed by atoms with E-state index in [-0.39, 0.29) is 18.6 Å². The maximum atomic E-state index is 12.4. The number of hydrogen-bond acceptors (Lipinski definition) is 3. The number of benzene rings is 1. The number of carbonyl (C=O) groups excluding carboxylic acids is 1. The Morgan fingerprint density at radius 3 is 3.00 bits per heavy atom. The Kier molecular flexibility index (Phi) is 5.01. The first-order chi connectivity index (χ1) is 9.60. The number of amides is 1. The molecule has 1 fully saturated rings. The summed E-state index contributed by atoms with van der Waals surface area (Å²) in [5.41, 5.74) is 0.674. The standard InChI is InChI=1S/C16H23NO3/c1-12(2)20-15-5-3-4-14(10-15)16(19)17-8-6-13(11-17)7-9-18/h3-5,10,12-13,18H,6-9,11H2,1-2H3. The third kappa shape index (κ3) is 3.73. The Morgan fingerprint density at radius 1 is 1.50 bits per heavy atom. The molecule has 1 unspecified atom stereocenters. The average molecular weight is 277 g/mol. The van der Waals surface area contributed by atoms with Crippen molar-refractivity contribution < 1.29 is 14.6 Å². The predicted molar refractivity (Wildman–Crippen MR) is 77.9 cm³/mol. The molecule has 1 aromatic carbocycles. The van der Waals surface area contributed by atoms with Crippen LogP contribution >= 0.6 is 0 Å². The van der Waals surface area contributed by atoms with Crippen LogP contribution in [0.2, 0.25) is 0 Å². The Hall–Kier alpha value is -1.55. The lowest BCUT2D eigenvalue weighted by atomic mass is 10.1. The molecule has 4 nitrogen and oxygen atoms in total. The molecule has 0 bridgehead atoms. The molecule has 1 aliphatic rings. The van der Waals surface area contributed by atoms with E-state index < -0.39 is 0 Å². The van der Waals surface area contributed by atoms with E-state index in [1.165, 1.54) is 0 Å². The van der Waals surface area contributed by atoms with Gasteiger partial charge in [-0.15, -0.1) is 0 Å². The first kappa shape index (κ1) is 14.9. The van der Waals surface area contributed by atoms with E-state index in [4.69, 9.17) is 9.84 Å². The molecule has 0 radical (unpaired) electrons. The van der Waals surface area contributed by atoms with Gasteiger partial charge in [-0.05, 0) is 50.8 Å². The molecule has 2 rings (SSSR count). The fraction of sp³-hybridized carbons (Fsp3) is 0.562. The Morgan fingerprint density at radius 2 is 2.30 bits per heavy atom. The molecule has 0 aliphatic carbocycles. The Balaban J connectivity index is 2.02. The molecule has 110 valence electrons. The van der Waals surface area contributed by atoms with Crippen LogP contribution in [0.25, 0.3) is 0 Å². The number of likely N-dealkylation sites (tertiary alicyclic amines) is 1. The van der Waals surface area contributed by atoms with Gasteiger partial charge < -0.3 is 14.7 Å². The first-order valence-electron chi connectivity index (χ1n) is 7.27. The molecule has 0 aromatic heterocycles. The van der Waals surface area contributed by atoms with Crippen LogP contribution in [0, 0.1) is 5.92 Å². The van der Waals surface area contributed by atoms with Crippen LogP contribution in [-0.2, 0) is 0 Å². The lowest BCUT2D eigenvalue weighted by molar-refractivity contribution is 0.0784. The van der Waals surface area contributed by atoms with Gasteiger partial charge in [0.2, 0.25) is 0 Å². The van der Waals surface area contributed by atoms with Crippen molar-refractivity contribution in [2.75, 3.05) is 19.7 Å². The van der Waals surface area contributed by atoms with Crippen LogP contribution in [0.1, 0.15) is 37.0 Å². The number of rotatable bonds is 5. The summed E-state index contributed by atoms with van der Waals surface area (Å²) < 4.78 is 5.62. The van der Waals surface area contributed by atoms with Crippen molar-refractivity contribution in [1.82, 2.24) is 4.90 Å². The monoisotopic (exact) mass is 277 g/mol. The van der Waals surface area contributed by atoms with Crippen LogP contribution in [0.5, 0.6) is 5.75 Å². The van der Waals surface area contributed by atoms with Crippen molar-refractivity contribution in [2.45, 2.75) is 32.8 Å². The van der Waals surface area contributed by atoms with Gasteiger partial charge in [0.1, 0.15) is 5.75 Å². The largest absolute Gasteiger partial charge is 0.491 e. The maximum Gasteiger partial charge on any atom is 0.253 e. The summed E-state index contributed by atoms with van der Waals surface area (Å²) in [6.45, 7) is 5.65. The highest BCUT2D eigenvalue weighted by molar-refractivity contribution is 5.94. The van der Waals surface area contributed by atoms with Crippen molar-refractivity contribution in [1.29, 1.82) is 0 Å². The highest BCUT2D eigenvalue weighted by atomic mass is 16.5. The van der Waals surface area contributed by atoms with Crippen molar-refractivity contribution in [3.63, 3.8) is 0 Å². The summed E-state index contributed by atoms with van der Waals surface area (Å²) in [6.07, 6.45) is 1.86. The van der Waals surface area contributed by atoms with Crippen molar-refractivity contribution in [3.05, 3.63) is 29.8 Å². The zero-order valence-electron chi connectivity index (χ0n) is 12.2. The molecule has 1 saturated heterocycles. The normalized spacial score (nSPS) is 18.6. The molecule has 0 spiro atoms. The van der Waals surface area contributed by atoms with Gasteiger partial charge in [0.25, 0.3) is 5.91 Å². The van der Waals surface area contributed by atoms with Gasteiger partial charge in [-0.1, -0.05) is 6.07 Å². The van der Waals surface area contributed by atoms with Crippen molar-refractivity contribution in [2.24, 2.45) is 5.92 Å². The zero-order valence-corrected chi connectivity index (χ0v) is 12.2. The number of aliphatic hydroxyl groups is 1. The van der Waals surface area contributed by atoms with Crippen LogP contribution in [-0.4, -0.2) is 41.7 Å². The van der Waals surface area contributed by atoms with Crippen molar-refractivity contribution in [3.8, 4) is 5.75 Å². The second kappa shape index (κ2) is 6.75. The highest BCUT2D eigenvalue weighted by Crippen LogP contribution is 2.22. The maximum absolute atomic E-state index is 12.4. The number of aliphatic hydroxyl groups excluding tert-OH is 1. The third-order valence-corrected chi connectivity index (χ3v) is 3.56. The molecular weight excluding hydrogens is 254 g/mol. The second-order valence-electron chi connectivity index (χ2n) is 5.61. The summed E-state index contributed by atoms with van der Waals surface area (Å²) in [4.78, 5) is 14.3. The Labute approximate surface area is 120 Å². The molecule has 4 heteroatoms. The molecule has 1 heterocycles. The summed E-state index contributed by atoms with van der Waals surface area (Å²) >= 11 is 0. The van der Waals surface area contributed by atoms with Gasteiger partial charge >= 0.3 is 0 Å². The number of ether oxygens (including phenoxy) is 1. The van der Waals surface area contributed by atoms with Crippen LogP contribution < -0.4 is 4.74 Å². The van der Waals surface area contributed by atoms with Gasteiger partial charge in [0.05, 0.1) is 6.10 Å². The molecule has 1 aromatic rings. The summed E-state index contributed by atoms with van der Waals surface area (Å²) in [6, 6.07) is 7.36. The summed E-state index contributed by atoms with van der Waals surface area (Å²) in [5.74, 6) is 1.22. The minimum Gasteiger partial charge on any atom is -0.491 e. The average Bonchev–Trinajstić information content (AvgIpc) is 2.86. The third-order valence-electron chi connectivity index (χ3n) is 3.56. The minimum atomic E-state index is 0.0552. The SMILES string of the molecule is CC(C)Oc1cccc(C(=O)N2CCC(CCO)C2)c1. The summed E-state index contributed by atoms with van der Waals surface area (Å²) in [7, 11) is 0. The van der Waals surface area contributed by atoms with E-state index in [0.29, 0.717) is 11.5 Å². The molecule has 0 saturated carbocycles. The number of hydrogen-bond donors (Lipinski definition) is 1. The van der Waals surface area contributed by atoms with Gasteiger partial charge in [0, 0.05) is 25.3 Å². The zero-order chi connectivity index (χ0) is 14.5. The van der Waals surface area contributed by atoms with Crippen LogP contribution in [0.3, 0.4) is 0 Å². The second-order valence-corrected chi connectivity index (χ2v) is 5.61. The van der Waals surface area contributed by atoms with Gasteiger partial charge in [-0.3, -0.25) is 4.79 Å².